The molecule has 1 rings (SSSR count). The van der Waals surface area contributed by atoms with Crippen LogP contribution >= 0.6 is 0 Å². The van der Waals surface area contributed by atoms with Crippen molar-refractivity contribution in [3.05, 3.63) is 12.2 Å². The fourth-order valence-corrected chi connectivity index (χ4v) is 3.25. The van der Waals surface area contributed by atoms with Crippen molar-refractivity contribution in [3.63, 3.8) is 0 Å². The summed E-state index contributed by atoms with van der Waals surface area (Å²) in [7, 11) is 0. The molecule has 4 nitrogen and oxygen atoms in total. The first-order chi connectivity index (χ1) is 10.3. The quantitative estimate of drug-likeness (QED) is 0.415. The molecule has 126 valence electrons. The van der Waals surface area contributed by atoms with Gasteiger partial charge in [0.05, 0.1) is 6.61 Å². The van der Waals surface area contributed by atoms with E-state index in [-0.39, 0.29) is 0 Å². The molecule has 0 spiro atoms. The van der Waals surface area contributed by atoms with Crippen LogP contribution in [-0.4, -0.2) is 23.7 Å². The number of aliphatic carboxylic acids is 1. The summed E-state index contributed by atoms with van der Waals surface area (Å²) in [5, 5.41) is 8.41. The van der Waals surface area contributed by atoms with E-state index < -0.39 is 11.9 Å². The number of ether oxygens (including phenoxy) is 1. The number of carboxylic acids is 1. The van der Waals surface area contributed by atoms with Crippen LogP contribution in [0.3, 0.4) is 0 Å². The van der Waals surface area contributed by atoms with E-state index in [1.54, 1.807) is 0 Å². The first kappa shape index (κ1) is 18.7. The molecule has 0 unspecified atom stereocenters. The zero-order chi connectivity index (χ0) is 16.6. The third kappa shape index (κ3) is 6.63. The highest BCUT2D eigenvalue weighted by molar-refractivity contribution is 5.90. The minimum atomic E-state index is -1.14. The van der Waals surface area contributed by atoms with Crippen molar-refractivity contribution in [2.24, 2.45) is 17.3 Å². The molecule has 0 aromatic heterocycles. The maximum absolute atomic E-state index is 11.2. The maximum Gasteiger partial charge on any atom is 0.331 e. The van der Waals surface area contributed by atoms with Gasteiger partial charge < -0.3 is 9.84 Å². The maximum atomic E-state index is 11.2. The number of hydrogen-bond acceptors (Lipinski definition) is 3. The number of hydrogen-bond donors (Lipinski definition) is 1. The van der Waals surface area contributed by atoms with Gasteiger partial charge >= 0.3 is 11.9 Å². The molecule has 0 aromatic rings. The Labute approximate surface area is 133 Å². The largest absolute Gasteiger partial charge is 0.478 e. The zero-order valence-electron chi connectivity index (χ0n) is 14.1. The first-order valence-corrected chi connectivity index (χ1v) is 8.43. The predicted molar refractivity (Wildman–Crippen MR) is 86.5 cm³/mol. The molecule has 4 heteroatoms. The second-order valence-electron chi connectivity index (χ2n) is 7.04. The lowest BCUT2D eigenvalue weighted by molar-refractivity contribution is -0.138. The van der Waals surface area contributed by atoms with Gasteiger partial charge in [-0.05, 0) is 42.9 Å². The summed E-state index contributed by atoms with van der Waals surface area (Å²) in [5.74, 6) is -0.121. The van der Waals surface area contributed by atoms with Gasteiger partial charge in [-0.15, -0.1) is 0 Å². The highest BCUT2D eigenvalue weighted by Gasteiger charge is 2.31. The normalized spacial score (nSPS) is 22.7. The Morgan fingerprint density at radius 3 is 2.36 bits per heavy atom. The molecule has 1 N–H and O–H groups in total. The molecule has 0 heterocycles. The van der Waals surface area contributed by atoms with Gasteiger partial charge in [-0.25, -0.2) is 9.59 Å². The van der Waals surface area contributed by atoms with Gasteiger partial charge in [-0.1, -0.05) is 40.0 Å². The highest BCUT2D eigenvalue weighted by atomic mass is 16.5. The van der Waals surface area contributed by atoms with Gasteiger partial charge in [0.1, 0.15) is 0 Å². The van der Waals surface area contributed by atoms with E-state index in [1.807, 2.05) is 0 Å². The second-order valence-corrected chi connectivity index (χ2v) is 7.04. The highest BCUT2D eigenvalue weighted by Crippen LogP contribution is 2.42. The van der Waals surface area contributed by atoms with Crippen molar-refractivity contribution in [2.75, 3.05) is 6.61 Å². The summed E-state index contributed by atoms with van der Waals surface area (Å²) in [6.45, 7) is 7.41. The van der Waals surface area contributed by atoms with Crippen LogP contribution in [0.2, 0.25) is 0 Å². The van der Waals surface area contributed by atoms with Gasteiger partial charge in [0.15, 0.2) is 0 Å². The van der Waals surface area contributed by atoms with Crippen LogP contribution in [0, 0.1) is 17.3 Å². The predicted octanol–water partition coefficient (Wildman–Crippen LogP) is 4.19. The summed E-state index contributed by atoms with van der Waals surface area (Å²) in [4.78, 5) is 21.5. The number of carbonyl (C=O) groups is 2. The van der Waals surface area contributed by atoms with Crippen LogP contribution < -0.4 is 0 Å². The Hall–Kier alpha value is -1.32. The first-order valence-electron chi connectivity index (χ1n) is 8.43. The molecule has 22 heavy (non-hydrogen) atoms. The monoisotopic (exact) mass is 310 g/mol. The molecule has 0 atom stereocenters. The van der Waals surface area contributed by atoms with Crippen molar-refractivity contribution in [2.45, 2.75) is 65.7 Å². The van der Waals surface area contributed by atoms with Gasteiger partial charge in [0, 0.05) is 12.2 Å². The van der Waals surface area contributed by atoms with Crippen molar-refractivity contribution in [1.82, 2.24) is 0 Å². The Morgan fingerprint density at radius 1 is 1.18 bits per heavy atom. The summed E-state index contributed by atoms with van der Waals surface area (Å²) in [6.07, 6.45) is 10.1. The summed E-state index contributed by atoms with van der Waals surface area (Å²) in [6, 6.07) is 0. The van der Waals surface area contributed by atoms with Crippen molar-refractivity contribution in [1.29, 1.82) is 0 Å². The Kier molecular flexibility index (Phi) is 7.63. The average molecular weight is 310 g/mol. The van der Waals surface area contributed by atoms with E-state index in [9.17, 15) is 9.59 Å². The third-order valence-corrected chi connectivity index (χ3v) is 5.23. The lowest BCUT2D eigenvalue weighted by Gasteiger charge is -2.39. The van der Waals surface area contributed by atoms with E-state index in [4.69, 9.17) is 9.84 Å². The molecule has 1 aliphatic rings. The van der Waals surface area contributed by atoms with Crippen LogP contribution in [0.15, 0.2) is 12.2 Å². The van der Waals surface area contributed by atoms with E-state index >= 15 is 0 Å². The molecule has 1 saturated carbocycles. The van der Waals surface area contributed by atoms with Crippen LogP contribution in [0.1, 0.15) is 65.7 Å². The molecule has 0 amide bonds. The molecule has 1 aliphatic carbocycles. The number of esters is 1. The van der Waals surface area contributed by atoms with Gasteiger partial charge in [0.25, 0.3) is 0 Å². The van der Waals surface area contributed by atoms with Crippen molar-refractivity contribution in [3.8, 4) is 0 Å². The second kappa shape index (κ2) is 8.96. The Bertz CT molecular complexity index is 390. The lowest BCUT2D eigenvalue weighted by atomic mass is 9.67. The topological polar surface area (TPSA) is 63.6 Å². The zero-order valence-corrected chi connectivity index (χ0v) is 14.1. The molecule has 0 bridgehead atoms. The molecule has 0 aromatic carbocycles. The van der Waals surface area contributed by atoms with Gasteiger partial charge in [0.2, 0.25) is 0 Å². The van der Waals surface area contributed by atoms with Crippen molar-refractivity contribution < 1.29 is 19.4 Å². The van der Waals surface area contributed by atoms with Crippen LogP contribution in [0.4, 0.5) is 0 Å². The van der Waals surface area contributed by atoms with E-state index in [0.717, 1.165) is 36.8 Å². The minimum absolute atomic E-state index is 0.378. The molecule has 1 fully saturated rings. The Morgan fingerprint density at radius 2 is 1.82 bits per heavy atom. The minimum Gasteiger partial charge on any atom is -0.478 e. The number of rotatable bonds is 8. The number of carbonyl (C=O) groups excluding carboxylic acids is 1. The lowest BCUT2D eigenvalue weighted by Crippen LogP contribution is -2.28. The smallest absolute Gasteiger partial charge is 0.331 e. The molecule has 0 saturated heterocycles. The SMILES string of the molecule is CCC(C)(C)C1CCC(CCCOC(=O)/C=C/C(=O)O)CC1. The standard InChI is InChI=1S/C18H30O4/c1-4-18(2,3)15-9-7-14(8-10-15)6-5-13-22-17(21)12-11-16(19)20/h11-12,14-15H,4-10,13H2,1-3H3,(H,19,20)/b12-11+. The van der Waals surface area contributed by atoms with Crippen LogP contribution in [0.5, 0.6) is 0 Å². The molecular formula is C18H30O4. The van der Waals surface area contributed by atoms with Crippen LogP contribution in [0.25, 0.3) is 0 Å². The van der Waals surface area contributed by atoms with E-state index in [1.165, 1.54) is 32.1 Å². The van der Waals surface area contributed by atoms with Crippen molar-refractivity contribution >= 4 is 11.9 Å². The van der Waals surface area contributed by atoms with E-state index in [2.05, 4.69) is 20.8 Å². The summed E-state index contributed by atoms with van der Waals surface area (Å²) in [5.41, 5.74) is 0.455. The average Bonchev–Trinajstić information content (AvgIpc) is 2.50. The van der Waals surface area contributed by atoms with Gasteiger partial charge in [-0.3, -0.25) is 0 Å². The molecule has 0 radical (unpaired) electrons. The summed E-state index contributed by atoms with van der Waals surface area (Å²) >= 11 is 0. The van der Waals surface area contributed by atoms with E-state index in [0.29, 0.717) is 12.0 Å². The fraction of sp³-hybridized carbons (Fsp3) is 0.778. The summed E-state index contributed by atoms with van der Waals surface area (Å²) < 4.78 is 4.99. The van der Waals surface area contributed by atoms with Gasteiger partial charge in [-0.2, -0.15) is 0 Å². The molecule has 0 aliphatic heterocycles. The Balaban J connectivity index is 2.15. The van der Waals surface area contributed by atoms with Crippen LogP contribution in [-0.2, 0) is 14.3 Å². The third-order valence-electron chi connectivity index (χ3n) is 5.23. The number of carboxylic acid groups (broad SMARTS) is 1. The fourth-order valence-electron chi connectivity index (χ4n) is 3.25. The molecular weight excluding hydrogens is 280 g/mol.